The fourth-order valence-corrected chi connectivity index (χ4v) is 2.14. The van der Waals surface area contributed by atoms with Gasteiger partial charge < -0.3 is 9.84 Å². The molecule has 0 saturated carbocycles. The van der Waals surface area contributed by atoms with Crippen LogP contribution in [0.3, 0.4) is 0 Å². The Labute approximate surface area is 130 Å². The van der Waals surface area contributed by atoms with E-state index in [4.69, 9.17) is 10.00 Å². The van der Waals surface area contributed by atoms with Gasteiger partial charge in [0, 0.05) is 6.42 Å². The van der Waals surface area contributed by atoms with Gasteiger partial charge in [-0.1, -0.05) is 12.1 Å². The number of aryl methyl sites for hydroxylation is 1. The summed E-state index contributed by atoms with van der Waals surface area (Å²) in [6.07, 6.45) is -4.86. The maximum atomic E-state index is 13.1. The van der Waals surface area contributed by atoms with Gasteiger partial charge in [0.2, 0.25) is 5.88 Å². The number of aromatic nitrogens is 2. The molecule has 1 aromatic carbocycles. The van der Waals surface area contributed by atoms with E-state index in [1.807, 2.05) is 0 Å². The summed E-state index contributed by atoms with van der Waals surface area (Å²) in [6.45, 7) is -0.103. The number of benzene rings is 1. The molecule has 0 aliphatic rings. The van der Waals surface area contributed by atoms with Gasteiger partial charge in [-0.2, -0.15) is 23.5 Å². The Morgan fingerprint density at radius 1 is 1.30 bits per heavy atom. The highest BCUT2D eigenvalue weighted by atomic mass is 19.4. The summed E-state index contributed by atoms with van der Waals surface area (Å²) >= 11 is 0. The average Bonchev–Trinajstić information content (AvgIpc) is 2.83. The van der Waals surface area contributed by atoms with Crippen molar-refractivity contribution in [2.24, 2.45) is 0 Å². The summed E-state index contributed by atoms with van der Waals surface area (Å²) in [4.78, 5) is 0. The van der Waals surface area contributed by atoms with Gasteiger partial charge in [-0.15, -0.1) is 0 Å². The molecule has 1 heterocycles. The molecule has 0 aliphatic heterocycles. The maximum absolute atomic E-state index is 13.1. The first-order valence-electron chi connectivity index (χ1n) is 6.72. The SMILES string of the molecule is COc1ccc(Cc2c(C(F)(F)F)nn(CCC#N)c2O)cc1. The zero-order chi connectivity index (χ0) is 17.0. The predicted molar refractivity (Wildman–Crippen MR) is 74.9 cm³/mol. The molecule has 8 heteroatoms. The van der Waals surface area contributed by atoms with Crippen molar-refractivity contribution in [1.82, 2.24) is 9.78 Å². The number of methoxy groups -OCH3 is 1. The van der Waals surface area contributed by atoms with Crippen LogP contribution in [0.5, 0.6) is 11.6 Å². The number of hydrogen-bond acceptors (Lipinski definition) is 4. The second-order valence-corrected chi connectivity index (χ2v) is 4.80. The number of alkyl halides is 3. The van der Waals surface area contributed by atoms with Gasteiger partial charge in [0.25, 0.3) is 0 Å². The Hall–Kier alpha value is -2.69. The zero-order valence-electron chi connectivity index (χ0n) is 12.3. The van der Waals surface area contributed by atoms with Crippen LogP contribution in [-0.2, 0) is 19.1 Å². The minimum Gasteiger partial charge on any atom is -0.497 e. The van der Waals surface area contributed by atoms with Gasteiger partial charge in [-0.3, -0.25) is 0 Å². The molecule has 122 valence electrons. The molecule has 0 unspecified atom stereocenters. The molecule has 1 aromatic heterocycles. The first-order valence-corrected chi connectivity index (χ1v) is 6.72. The summed E-state index contributed by atoms with van der Waals surface area (Å²) in [6, 6.07) is 8.29. The first-order chi connectivity index (χ1) is 10.9. The van der Waals surface area contributed by atoms with Crippen LogP contribution in [0.1, 0.15) is 23.2 Å². The van der Waals surface area contributed by atoms with E-state index in [0.29, 0.717) is 11.3 Å². The molecule has 2 rings (SSSR count). The van der Waals surface area contributed by atoms with Gasteiger partial charge in [0.05, 0.1) is 31.7 Å². The van der Waals surface area contributed by atoms with Crippen LogP contribution in [0.15, 0.2) is 24.3 Å². The monoisotopic (exact) mass is 325 g/mol. The van der Waals surface area contributed by atoms with Gasteiger partial charge in [-0.25, -0.2) is 4.68 Å². The third kappa shape index (κ3) is 3.74. The summed E-state index contributed by atoms with van der Waals surface area (Å²) in [5, 5.41) is 22.0. The molecule has 1 N–H and O–H groups in total. The summed E-state index contributed by atoms with van der Waals surface area (Å²) < 4.78 is 45.1. The fourth-order valence-electron chi connectivity index (χ4n) is 2.14. The average molecular weight is 325 g/mol. The van der Waals surface area contributed by atoms with Crippen molar-refractivity contribution in [3.05, 3.63) is 41.1 Å². The number of ether oxygens (including phenoxy) is 1. The van der Waals surface area contributed by atoms with Crippen molar-refractivity contribution in [1.29, 1.82) is 5.26 Å². The number of nitriles is 1. The van der Waals surface area contributed by atoms with E-state index < -0.39 is 17.8 Å². The third-order valence-electron chi connectivity index (χ3n) is 3.26. The number of nitrogens with zero attached hydrogens (tertiary/aromatic N) is 3. The van der Waals surface area contributed by atoms with E-state index in [1.165, 1.54) is 7.11 Å². The van der Waals surface area contributed by atoms with Gasteiger partial charge >= 0.3 is 6.18 Å². The number of aromatic hydroxyl groups is 1. The third-order valence-corrected chi connectivity index (χ3v) is 3.26. The fraction of sp³-hybridized carbons (Fsp3) is 0.333. The molecule has 0 spiro atoms. The smallest absolute Gasteiger partial charge is 0.435 e. The topological polar surface area (TPSA) is 71.1 Å². The van der Waals surface area contributed by atoms with E-state index in [1.54, 1.807) is 30.3 Å². The summed E-state index contributed by atoms with van der Waals surface area (Å²) in [7, 11) is 1.49. The number of rotatable bonds is 5. The lowest BCUT2D eigenvalue weighted by molar-refractivity contribution is -0.142. The van der Waals surface area contributed by atoms with Crippen molar-refractivity contribution in [2.75, 3.05) is 7.11 Å². The van der Waals surface area contributed by atoms with Crippen LogP contribution in [0.4, 0.5) is 13.2 Å². The van der Waals surface area contributed by atoms with Crippen LogP contribution < -0.4 is 4.74 Å². The summed E-state index contributed by atoms with van der Waals surface area (Å²) in [5.74, 6) is 0.0159. The first kappa shape index (κ1) is 16.7. The molecule has 0 bridgehead atoms. The molecule has 0 saturated heterocycles. The van der Waals surface area contributed by atoms with Crippen molar-refractivity contribution in [3.63, 3.8) is 0 Å². The largest absolute Gasteiger partial charge is 0.497 e. The van der Waals surface area contributed by atoms with E-state index >= 15 is 0 Å². The minimum absolute atomic E-state index is 0.0471. The quantitative estimate of drug-likeness (QED) is 0.917. The molecule has 23 heavy (non-hydrogen) atoms. The molecule has 5 nitrogen and oxygen atoms in total. The molecule has 0 radical (unpaired) electrons. The normalized spacial score (nSPS) is 11.3. The Morgan fingerprint density at radius 2 is 1.96 bits per heavy atom. The van der Waals surface area contributed by atoms with Crippen LogP contribution in [0, 0.1) is 11.3 Å². The van der Waals surface area contributed by atoms with Crippen LogP contribution in [0.25, 0.3) is 0 Å². The Balaban J connectivity index is 2.38. The van der Waals surface area contributed by atoms with Crippen LogP contribution in [0.2, 0.25) is 0 Å². The Morgan fingerprint density at radius 3 is 2.48 bits per heavy atom. The van der Waals surface area contributed by atoms with E-state index in [-0.39, 0.29) is 24.9 Å². The standard InChI is InChI=1S/C15H14F3N3O2/c1-23-11-5-3-10(4-6-11)9-12-13(15(16,17)18)20-21(14(12)22)8-2-7-19/h3-6,22H,2,8-9H2,1H3. The molecular weight excluding hydrogens is 311 g/mol. The molecule has 0 amide bonds. The lowest BCUT2D eigenvalue weighted by Crippen LogP contribution is -2.10. The highest BCUT2D eigenvalue weighted by Crippen LogP contribution is 2.36. The van der Waals surface area contributed by atoms with Crippen LogP contribution >= 0.6 is 0 Å². The van der Waals surface area contributed by atoms with Crippen molar-refractivity contribution >= 4 is 0 Å². The van der Waals surface area contributed by atoms with Crippen molar-refractivity contribution in [3.8, 4) is 17.7 Å². The molecular formula is C15H14F3N3O2. The molecule has 0 fully saturated rings. The Bertz CT molecular complexity index is 715. The maximum Gasteiger partial charge on any atom is 0.435 e. The zero-order valence-corrected chi connectivity index (χ0v) is 12.3. The van der Waals surface area contributed by atoms with Crippen molar-refractivity contribution in [2.45, 2.75) is 25.6 Å². The minimum atomic E-state index is -4.68. The second kappa shape index (κ2) is 6.60. The second-order valence-electron chi connectivity index (χ2n) is 4.80. The highest BCUT2D eigenvalue weighted by Gasteiger charge is 2.39. The number of halogens is 3. The summed E-state index contributed by atoms with van der Waals surface area (Å²) in [5.41, 5.74) is -0.865. The lowest BCUT2D eigenvalue weighted by Gasteiger charge is -2.07. The van der Waals surface area contributed by atoms with Crippen molar-refractivity contribution < 1.29 is 23.0 Å². The highest BCUT2D eigenvalue weighted by molar-refractivity contribution is 5.39. The Kier molecular flexibility index (Phi) is 4.79. The molecule has 0 atom stereocenters. The molecule has 0 aliphatic carbocycles. The molecule has 2 aromatic rings. The van der Waals surface area contributed by atoms with E-state index in [9.17, 15) is 18.3 Å². The lowest BCUT2D eigenvalue weighted by atomic mass is 10.0. The van der Waals surface area contributed by atoms with E-state index in [2.05, 4.69) is 5.10 Å². The van der Waals surface area contributed by atoms with E-state index in [0.717, 1.165) is 4.68 Å². The number of hydrogen-bond donors (Lipinski definition) is 1. The van der Waals surface area contributed by atoms with Gasteiger partial charge in [0.1, 0.15) is 5.75 Å². The van der Waals surface area contributed by atoms with Gasteiger partial charge in [0.15, 0.2) is 5.69 Å². The van der Waals surface area contributed by atoms with Gasteiger partial charge in [-0.05, 0) is 17.7 Å². The predicted octanol–water partition coefficient (Wildman–Crippen LogP) is 3.12. The van der Waals surface area contributed by atoms with Crippen LogP contribution in [-0.4, -0.2) is 22.0 Å².